The second-order valence-corrected chi connectivity index (χ2v) is 7.09. The Hall–Kier alpha value is -2.79. The minimum atomic E-state index is -0.348. The summed E-state index contributed by atoms with van der Waals surface area (Å²) >= 11 is 6.07. The molecule has 0 unspecified atom stereocenters. The highest BCUT2D eigenvalue weighted by molar-refractivity contribution is 6.31. The van der Waals surface area contributed by atoms with Crippen molar-refractivity contribution in [1.82, 2.24) is 9.97 Å². The van der Waals surface area contributed by atoms with Gasteiger partial charge in [0.1, 0.15) is 10.8 Å². The zero-order chi connectivity index (χ0) is 19.7. The molecule has 0 aliphatic rings. The van der Waals surface area contributed by atoms with Crippen LogP contribution in [0.4, 0.5) is 0 Å². The van der Waals surface area contributed by atoms with Crippen molar-refractivity contribution in [3.05, 3.63) is 73.4 Å². The Bertz CT molecular complexity index is 1100. The highest BCUT2D eigenvalue weighted by Gasteiger charge is 2.16. The maximum Gasteiger partial charge on any atom is 0.208 e. The van der Waals surface area contributed by atoms with Gasteiger partial charge in [-0.15, -0.1) is 0 Å². The Morgan fingerprint density at radius 3 is 2.30 bits per heavy atom. The third kappa shape index (κ3) is 3.83. The average molecular weight is 385 g/mol. The molecule has 0 saturated carbocycles. The van der Waals surface area contributed by atoms with E-state index < -0.39 is 0 Å². The maximum absolute atomic E-state index is 12.7. The summed E-state index contributed by atoms with van der Waals surface area (Å²) in [5.74, 6) is 0.768. The van der Waals surface area contributed by atoms with Crippen molar-refractivity contribution >= 4 is 11.6 Å². The van der Waals surface area contributed by atoms with Crippen LogP contribution in [-0.4, -0.2) is 16.1 Å². The number of H-pyrrole nitrogens is 2. The van der Waals surface area contributed by atoms with Crippen molar-refractivity contribution in [2.24, 2.45) is 0 Å². The summed E-state index contributed by atoms with van der Waals surface area (Å²) in [5, 5.41) is 0.0971. The Morgan fingerprint density at radius 2 is 1.70 bits per heavy atom. The molecule has 0 amide bonds. The van der Waals surface area contributed by atoms with Crippen molar-refractivity contribution < 1.29 is 4.74 Å². The van der Waals surface area contributed by atoms with Gasteiger partial charge in [-0.25, -0.2) is 0 Å². The van der Waals surface area contributed by atoms with Crippen LogP contribution in [0.3, 0.4) is 0 Å². The Labute approximate surface area is 162 Å². The molecule has 0 aliphatic heterocycles. The first kappa shape index (κ1) is 19.0. The van der Waals surface area contributed by atoms with Gasteiger partial charge < -0.3 is 14.7 Å². The number of pyridine rings is 2. The lowest BCUT2D eigenvalue weighted by molar-refractivity contribution is 0.242. The van der Waals surface area contributed by atoms with E-state index in [1.165, 1.54) is 6.07 Å². The summed E-state index contributed by atoms with van der Waals surface area (Å²) in [7, 11) is 0. The fourth-order valence-corrected chi connectivity index (χ4v) is 3.13. The summed E-state index contributed by atoms with van der Waals surface area (Å²) in [4.78, 5) is 31.4. The van der Waals surface area contributed by atoms with E-state index in [1.54, 1.807) is 20.0 Å². The topological polar surface area (TPSA) is 75.0 Å². The second kappa shape index (κ2) is 7.45. The van der Waals surface area contributed by atoms with E-state index in [0.29, 0.717) is 28.2 Å². The smallest absolute Gasteiger partial charge is 0.208 e. The van der Waals surface area contributed by atoms with Crippen LogP contribution in [-0.2, 0) is 0 Å². The van der Waals surface area contributed by atoms with Gasteiger partial charge in [-0.1, -0.05) is 11.6 Å². The number of ether oxygens (including phenoxy) is 1. The summed E-state index contributed by atoms with van der Waals surface area (Å²) < 4.78 is 5.63. The van der Waals surface area contributed by atoms with Crippen LogP contribution in [0.15, 0.2) is 46.1 Å². The van der Waals surface area contributed by atoms with Crippen LogP contribution < -0.4 is 15.6 Å². The first-order valence-corrected chi connectivity index (χ1v) is 9.05. The zero-order valence-corrected chi connectivity index (χ0v) is 16.4. The lowest BCUT2D eigenvalue weighted by atomic mass is 10.0. The van der Waals surface area contributed by atoms with E-state index in [2.05, 4.69) is 9.97 Å². The van der Waals surface area contributed by atoms with Crippen LogP contribution >= 0.6 is 11.6 Å². The molecule has 3 aromatic rings. The molecule has 1 aromatic carbocycles. The van der Waals surface area contributed by atoms with E-state index in [9.17, 15) is 9.59 Å². The lowest BCUT2D eigenvalue weighted by Crippen LogP contribution is -2.16. The van der Waals surface area contributed by atoms with Crippen LogP contribution in [0, 0.1) is 13.8 Å². The van der Waals surface area contributed by atoms with Crippen molar-refractivity contribution in [3.63, 3.8) is 0 Å². The van der Waals surface area contributed by atoms with Gasteiger partial charge in [0.05, 0.1) is 17.2 Å². The number of rotatable bonds is 4. The van der Waals surface area contributed by atoms with Crippen LogP contribution in [0.2, 0.25) is 5.02 Å². The quantitative estimate of drug-likeness (QED) is 0.697. The zero-order valence-electron chi connectivity index (χ0n) is 15.6. The number of aromatic nitrogens is 2. The van der Waals surface area contributed by atoms with Gasteiger partial charge in [0.2, 0.25) is 5.43 Å². The molecule has 2 heterocycles. The number of hydrogen-bond donors (Lipinski definition) is 2. The molecule has 0 bridgehead atoms. The SMILES string of the molecule is Cc1[nH]c(C)c(-c2c[nH]c(-c3ccc(OC(C)C)cc3)cc2=O)c(=O)c1Cl. The third-order valence-corrected chi connectivity index (χ3v) is 4.68. The van der Waals surface area contributed by atoms with Gasteiger partial charge in [-0.05, 0) is 57.5 Å². The molecular formula is C21H21ClN2O3. The molecule has 0 radical (unpaired) electrons. The Morgan fingerprint density at radius 1 is 1.04 bits per heavy atom. The van der Waals surface area contributed by atoms with E-state index in [-0.39, 0.29) is 22.0 Å². The molecule has 5 nitrogen and oxygen atoms in total. The minimum absolute atomic E-state index is 0.0950. The Kier molecular flexibility index (Phi) is 5.24. The second-order valence-electron chi connectivity index (χ2n) is 6.71. The molecule has 6 heteroatoms. The van der Waals surface area contributed by atoms with Crippen LogP contribution in [0.1, 0.15) is 25.2 Å². The number of halogens is 1. The average Bonchev–Trinajstić information content (AvgIpc) is 2.61. The fraction of sp³-hybridized carbons (Fsp3) is 0.238. The monoisotopic (exact) mass is 384 g/mol. The Balaban J connectivity index is 2.02. The predicted octanol–water partition coefficient (Wildman–Crippen LogP) is 4.45. The molecule has 0 aliphatic carbocycles. The molecule has 27 heavy (non-hydrogen) atoms. The van der Waals surface area contributed by atoms with Gasteiger partial charge in [0, 0.05) is 29.3 Å². The normalized spacial score (nSPS) is 11.0. The highest BCUT2D eigenvalue weighted by Crippen LogP contribution is 2.23. The summed E-state index contributed by atoms with van der Waals surface area (Å²) in [5.41, 5.74) is 2.68. The summed E-state index contributed by atoms with van der Waals surface area (Å²) in [6, 6.07) is 8.96. The fourth-order valence-electron chi connectivity index (χ4n) is 2.99. The standard InChI is InChI=1S/C21H21ClN2O3/c1-11(2)27-15-7-5-14(6-8-15)17-9-18(25)16(10-23-17)19-12(3)24-13(4)20(22)21(19)26/h5-11H,1-4H3,(H,23,25)(H,24,26). The number of benzene rings is 1. The molecule has 0 saturated heterocycles. The summed E-state index contributed by atoms with van der Waals surface area (Å²) in [6.45, 7) is 7.40. The molecule has 0 spiro atoms. The molecule has 2 N–H and O–H groups in total. The van der Waals surface area contributed by atoms with E-state index in [4.69, 9.17) is 16.3 Å². The number of nitrogens with one attached hydrogen (secondary N) is 2. The molecule has 0 fully saturated rings. The maximum atomic E-state index is 12.7. The van der Waals surface area contributed by atoms with E-state index >= 15 is 0 Å². The van der Waals surface area contributed by atoms with Crippen molar-refractivity contribution in [1.29, 1.82) is 0 Å². The van der Waals surface area contributed by atoms with Crippen molar-refractivity contribution in [2.75, 3.05) is 0 Å². The van der Waals surface area contributed by atoms with Crippen molar-refractivity contribution in [3.8, 4) is 28.1 Å². The van der Waals surface area contributed by atoms with E-state index in [1.807, 2.05) is 38.1 Å². The first-order chi connectivity index (χ1) is 12.8. The minimum Gasteiger partial charge on any atom is -0.491 e. The summed E-state index contributed by atoms with van der Waals surface area (Å²) in [6.07, 6.45) is 1.65. The lowest BCUT2D eigenvalue weighted by Gasteiger charge is -2.11. The van der Waals surface area contributed by atoms with Gasteiger partial charge >= 0.3 is 0 Å². The number of hydrogen-bond acceptors (Lipinski definition) is 3. The van der Waals surface area contributed by atoms with E-state index in [0.717, 1.165) is 11.3 Å². The van der Waals surface area contributed by atoms with Crippen LogP contribution in [0.5, 0.6) is 5.75 Å². The van der Waals surface area contributed by atoms with Gasteiger partial charge in [-0.3, -0.25) is 9.59 Å². The van der Waals surface area contributed by atoms with Gasteiger partial charge in [-0.2, -0.15) is 0 Å². The first-order valence-electron chi connectivity index (χ1n) is 8.67. The molecule has 140 valence electrons. The molecule has 2 aromatic heterocycles. The van der Waals surface area contributed by atoms with Gasteiger partial charge in [0.25, 0.3) is 0 Å². The molecular weight excluding hydrogens is 364 g/mol. The molecule has 0 atom stereocenters. The highest BCUT2D eigenvalue weighted by atomic mass is 35.5. The largest absolute Gasteiger partial charge is 0.491 e. The van der Waals surface area contributed by atoms with Gasteiger partial charge in [0.15, 0.2) is 5.43 Å². The third-order valence-electron chi connectivity index (χ3n) is 4.22. The number of aryl methyl sites for hydroxylation is 2. The predicted molar refractivity (Wildman–Crippen MR) is 109 cm³/mol. The number of aromatic amines is 2. The molecule has 3 rings (SSSR count). The van der Waals surface area contributed by atoms with Crippen LogP contribution in [0.25, 0.3) is 22.4 Å². The van der Waals surface area contributed by atoms with Crippen molar-refractivity contribution in [2.45, 2.75) is 33.8 Å².